The normalized spacial score (nSPS) is 23.6. The van der Waals surface area contributed by atoms with Crippen molar-refractivity contribution < 1.29 is 0 Å². The third-order valence-electron chi connectivity index (χ3n) is 3.40. The second-order valence-electron chi connectivity index (χ2n) is 4.53. The fraction of sp³-hybridized carbons (Fsp3) is 1.00. The molecule has 0 aromatic rings. The van der Waals surface area contributed by atoms with Crippen LogP contribution in [0.4, 0.5) is 0 Å². The van der Waals surface area contributed by atoms with Crippen LogP contribution in [0.1, 0.15) is 33.1 Å². The van der Waals surface area contributed by atoms with Crippen LogP contribution < -0.4 is 5.32 Å². The minimum atomic E-state index is 0.743. The standard InChI is InChI=1S/C12H26N2S/c1-4-13-8-5-6-11(2)14(3)12-7-9-15-10-12/h11-13H,4-10H2,1-3H3. The van der Waals surface area contributed by atoms with E-state index in [0.717, 1.165) is 18.6 Å². The summed E-state index contributed by atoms with van der Waals surface area (Å²) in [5.74, 6) is 2.70. The van der Waals surface area contributed by atoms with Crippen LogP contribution >= 0.6 is 11.8 Å². The van der Waals surface area contributed by atoms with E-state index in [9.17, 15) is 0 Å². The fourth-order valence-corrected chi connectivity index (χ4v) is 3.39. The number of hydrogen-bond acceptors (Lipinski definition) is 3. The van der Waals surface area contributed by atoms with E-state index in [0.29, 0.717) is 0 Å². The van der Waals surface area contributed by atoms with Gasteiger partial charge in [0.2, 0.25) is 0 Å². The summed E-state index contributed by atoms with van der Waals surface area (Å²) < 4.78 is 0. The predicted molar refractivity (Wildman–Crippen MR) is 70.7 cm³/mol. The molecule has 2 nitrogen and oxygen atoms in total. The van der Waals surface area contributed by atoms with Gasteiger partial charge in [0.15, 0.2) is 0 Å². The summed E-state index contributed by atoms with van der Waals surface area (Å²) in [7, 11) is 2.30. The Morgan fingerprint density at radius 2 is 2.33 bits per heavy atom. The molecule has 0 radical (unpaired) electrons. The topological polar surface area (TPSA) is 15.3 Å². The molecule has 0 aromatic carbocycles. The molecule has 15 heavy (non-hydrogen) atoms. The molecule has 90 valence electrons. The van der Waals surface area contributed by atoms with Gasteiger partial charge in [-0.1, -0.05) is 6.92 Å². The largest absolute Gasteiger partial charge is 0.317 e. The van der Waals surface area contributed by atoms with Crippen molar-refractivity contribution >= 4 is 11.8 Å². The summed E-state index contributed by atoms with van der Waals surface area (Å²) in [5, 5.41) is 3.39. The molecule has 2 atom stereocenters. The molecule has 1 aliphatic heterocycles. The van der Waals surface area contributed by atoms with Crippen LogP contribution in [0.2, 0.25) is 0 Å². The third-order valence-corrected chi connectivity index (χ3v) is 4.55. The Balaban J connectivity index is 2.11. The molecular formula is C12H26N2S. The van der Waals surface area contributed by atoms with E-state index in [2.05, 4.69) is 42.9 Å². The van der Waals surface area contributed by atoms with E-state index in [-0.39, 0.29) is 0 Å². The van der Waals surface area contributed by atoms with Gasteiger partial charge in [-0.3, -0.25) is 4.90 Å². The summed E-state index contributed by atoms with van der Waals surface area (Å²) in [6.45, 7) is 6.82. The van der Waals surface area contributed by atoms with Crippen molar-refractivity contribution in [3.63, 3.8) is 0 Å². The van der Waals surface area contributed by atoms with Crippen LogP contribution in [0.15, 0.2) is 0 Å². The number of rotatable bonds is 7. The van der Waals surface area contributed by atoms with Gasteiger partial charge in [-0.2, -0.15) is 11.8 Å². The fourth-order valence-electron chi connectivity index (χ4n) is 2.11. The van der Waals surface area contributed by atoms with Gasteiger partial charge in [-0.25, -0.2) is 0 Å². The molecule has 1 saturated heterocycles. The Labute approximate surface area is 99.2 Å². The summed E-state index contributed by atoms with van der Waals surface area (Å²) >= 11 is 2.11. The lowest BCUT2D eigenvalue weighted by molar-refractivity contribution is 0.188. The zero-order chi connectivity index (χ0) is 11.1. The van der Waals surface area contributed by atoms with Crippen LogP contribution in [-0.2, 0) is 0 Å². The first-order valence-corrected chi connectivity index (χ1v) is 7.41. The SMILES string of the molecule is CCNCCCC(C)N(C)C1CCSC1. The monoisotopic (exact) mass is 230 g/mol. The minimum absolute atomic E-state index is 0.743. The zero-order valence-corrected chi connectivity index (χ0v) is 11.3. The minimum Gasteiger partial charge on any atom is -0.317 e. The lowest BCUT2D eigenvalue weighted by atomic mass is 10.1. The van der Waals surface area contributed by atoms with Gasteiger partial charge in [0.1, 0.15) is 0 Å². The van der Waals surface area contributed by atoms with Gasteiger partial charge >= 0.3 is 0 Å². The van der Waals surface area contributed by atoms with E-state index in [1.807, 2.05) is 0 Å². The maximum atomic E-state index is 3.39. The van der Waals surface area contributed by atoms with Gasteiger partial charge in [0, 0.05) is 17.8 Å². The molecule has 1 aliphatic rings. The zero-order valence-electron chi connectivity index (χ0n) is 10.5. The number of nitrogens with one attached hydrogen (secondary N) is 1. The number of thioether (sulfide) groups is 1. The van der Waals surface area contributed by atoms with Crippen molar-refractivity contribution in [2.75, 3.05) is 31.6 Å². The van der Waals surface area contributed by atoms with Crippen LogP contribution in [0, 0.1) is 0 Å². The van der Waals surface area contributed by atoms with Crippen LogP contribution in [-0.4, -0.2) is 48.6 Å². The average Bonchev–Trinajstić information content (AvgIpc) is 2.76. The maximum absolute atomic E-state index is 3.39. The van der Waals surface area contributed by atoms with Crippen molar-refractivity contribution in [3.8, 4) is 0 Å². The highest BCUT2D eigenvalue weighted by molar-refractivity contribution is 7.99. The second kappa shape index (κ2) is 7.53. The first-order valence-electron chi connectivity index (χ1n) is 6.26. The Morgan fingerprint density at radius 1 is 1.53 bits per heavy atom. The summed E-state index contributed by atoms with van der Waals surface area (Å²) in [4.78, 5) is 2.59. The van der Waals surface area contributed by atoms with E-state index in [4.69, 9.17) is 0 Å². The quantitative estimate of drug-likeness (QED) is 0.675. The van der Waals surface area contributed by atoms with Gasteiger partial charge in [-0.05, 0) is 52.1 Å². The molecule has 0 aromatic heterocycles. The smallest absolute Gasteiger partial charge is 0.0194 e. The van der Waals surface area contributed by atoms with E-state index < -0.39 is 0 Å². The Hall–Kier alpha value is 0.270. The summed E-state index contributed by atoms with van der Waals surface area (Å²) in [6, 6.07) is 1.58. The second-order valence-corrected chi connectivity index (χ2v) is 5.68. The van der Waals surface area contributed by atoms with E-state index in [1.54, 1.807) is 0 Å². The highest BCUT2D eigenvalue weighted by Gasteiger charge is 2.22. The third kappa shape index (κ3) is 4.75. The highest BCUT2D eigenvalue weighted by atomic mass is 32.2. The molecule has 2 unspecified atom stereocenters. The number of nitrogens with zero attached hydrogens (tertiary/aromatic N) is 1. The van der Waals surface area contributed by atoms with Crippen molar-refractivity contribution in [1.29, 1.82) is 0 Å². The first-order chi connectivity index (χ1) is 7.25. The van der Waals surface area contributed by atoms with Crippen LogP contribution in [0.3, 0.4) is 0 Å². The average molecular weight is 230 g/mol. The van der Waals surface area contributed by atoms with Crippen molar-refractivity contribution in [2.24, 2.45) is 0 Å². The molecule has 0 aliphatic carbocycles. The molecule has 0 spiro atoms. The van der Waals surface area contributed by atoms with Gasteiger partial charge in [0.25, 0.3) is 0 Å². The lowest BCUT2D eigenvalue weighted by Crippen LogP contribution is -2.38. The molecule has 1 N–H and O–H groups in total. The van der Waals surface area contributed by atoms with Gasteiger partial charge in [-0.15, -0.1) is 0 Å². The predicted octanol–water partition coefficient (Wildman–Crippen LogP) is 2.20. The van der Waals surface area contributed by atoms with Crippen molar-refractivity contribution in [1.82, 2.24) is 10.2 Å². The molecule has 1 rings (SSSR count). The summed E-state index contributed by atoms with van der Waals surface area (Å²) in [6.07, 6.45) is 4.02. The number of hydrogen-bond donors (Lipinski definition) is 1. The molecule has 0 saturated carbocycles. The van der Waals surface area contributed by atoms with Crippen LogP contribution in [0.25, 0.3) is 0 Å². The van der Waals surface area contributed by atoms with Gasteiger partial charge < -0.3 is 5.32 Å². The first kappa shape index (κ1) is 13.3. The van der Waals surface area contributed by atoms with Gasteiger partial charge in [0.05, 0.1) is 0 Å². The molecule has 0 amide bonds. The maximum Gasteiger partial charge on any atom is 0.0194 e. The molecule has 1 heterocycles. The van der Waals surface area contributed by atoms with Crippen molar-refractivity contribution in [2.45, 2.75) is 45.2 Å². The van der Waals surface area contributed by atoms with E-state index >= 15 is 0 Å². The Kier molecular flexibility index (Phi) is 6.69. The molecule has 3 heteroatoms. The van der Waals surface area contributed by atoms with Crippen molar-refractivity contribution in [3.05, 3.63) is 0 Å². The molecule has 1 fully saturated rings. The highest BCUT2D eigenvalue weighted by Crippen LogP contribution is 2.23. The van der Waals surface area contributed by atoms with Crippen LogP contribution in [0.5, 0.6) is 0 Å². The Morgan fingerprint density at radius 3 is 2.93 bits per heavy atom. The molecular weight excluding hydrogens is 204 g/mol. The lowest BCUT2D eigenvalue weighted by Gasteiger charge is -2.30. The summed E-state index contributed by atoms with van der Waals surface area (Å²) in [5.41, 5.74) is 0. The molecule has 0 bridgehead atoms. The van der Waals surface area contributed by atoms with E-state index in [1.165, 1.54) is 37.3 Å². The Bertz CT molecular complexity index is 158.